The summed E-state index contributed by atoms with van der Waals surface area (Å²) < 4.78 is 2.68. The highest BCUT2D eigenvalue weighted by Gasteiger charge is 2.25. The van der Waals surface area contributed by atoms with Gasteiger partial charge in [0.1, 0.15) is 5.71 Å². The lowest BCUT2D eigenvalue weighted by Crippen LogP contribution is -2.06. The van der Waals surface area contributed by atoms with Crippen molar-refractivity contribution >= 4 is 58.7 Å². The minimum absolute atomic E-state index is 0.427. The molecule has 3 aliphatic heterocycles. The molecule has 7 heteroatoms. The van der Waals surface area contributed by atoms with E-state index in [0.717, 1.165) is 5.56 Å². The zero-order valence-electron chi connectivity index (χ0n) is 13.9. The third-order valence-electron chi connectivity index (χ3n) is 3.55. The fraction of sp³-hybridized carbons (Fsp3) is 0. The van der Waals surface area contributed by atoms with Crippen LogP contribution in [0.2, 0.25) is 0 Å². The van der Waals surface area contributed by atoms with Crippen LogP contribution in [0.3, 0.4) is 0 Å². The van der Waals surface area contributed by atoms with E-state index in [2.05, 4.69) is 27.5 Å². The largest absolute Gasteiger partial charge is 0.368 e. The average molecular weight is 428 g/mol. The maximum Gasteiger partial charge on any atom is 0.368 e. The van der Waals surface area contributed by atoms with E-state index in [4.69, 9.17) is 4.84 Å². The van der Waals surface area contributed by atoms with E-state index in [1.54, 1.807) is 53.1 Å². The first-order valence-electron chi connectivity index (χ1n) is 7.99. The predicted molar refractivity (Wildman–Crippen MR) is 120 cm³/mol. The maximum absolute atomic E-state index is 11.9. The molecule has 0 aliphatic carbocycles. The van der Waals surface area contributed by atoms with Gasteiger partial charge >= 0.3 is 5.97 Å². The molecule has 0 unspecified atom stereocenters. The van der Waals surface area contributed by atoms with Crippen LogP contribution in [0.5, 0.6) is 0 Å². The third-order valence-corrected chi connectivity index (χ3v) is 8.56. The summed E-state index contributed by atoms with van der Waals surface area (Å²) in [7, 11) is 0. The highest BCUT2D eigenvalue weighted by Crippen LogP contribution is 2.53. The van der Waals surface area contributed by atoms with E-state index in [0.29, 0.717) is 11.3 Å². The Morgan fingerprint density at radius 3 is 2.56 bits per heavy atom. The van der Waals surface area contributed by atoms with Crippen LogP contribution in [-0.4, -0.2) is 11.7 Å². The van der Waals surface area contributed by atoms with E-state index < -0.39 is 5.97 Å². The first kappa shape index (κ1) is 18.6. The zero-order valence-corrected chi connectivity index (χ0v) is 17.2. The summed E-state index contributed by atoms with van der Waals surface area (Å²) in [5, 5.41) is 10.3. The summed E-state index contributed by atoms with van der Waals surface area (Å²) in [6.45, 7) is 0. The van der Waals surface area contributed by atoms with Crippen LogP contribution in [0.15, 0.2) is 101 Å². The number of hydrogen-bond donors (Lipinski definition) is 0. The molecule has 0 saturated carbocycles. The summed E-state index contributed by atoms with van der Waals surface area (Å²) >= 11 is 7.09. The van der Waals surface area contributed by atoms with E-state index >= 15 is 0 Å². The van der Waals surface area contributed by atoms with Gasteiger partial charge in [-0.1, -0.05) is 101 Å². The van der Waals surface area contributed by atoms with E-state index in [1.807, 2.05) is 48.6 Å². The molecule has 27 heavy (non-hydrogen) atoms. The summed E-state index contributed by atoms with van der Waals surface area (Å²) in [5.41, 5.74) is 1.89. The maximum atomic E-state index is 11.9. The quantitative estimate of drug-likeness (QED) is 0.315. The number of oxime groups is 1. The summed E-state index contributed by atoms with van der Waals surface area (Å²) in [6.07, 6.45) is 9.50. The lowest BCUT2D eigenvalue weighted by molar-refractivity contribution is -0.136. The topological polar surface area (TPSA) is 38.7 Å². The minimum Gasteiger partial charge on any atom is -0.312 e. The van der Waals surface area contributed by atoms with Crippen LogP contribution < -0.4 is 0 Å². The number of allylic oxidation sites excluding steroid dienone is 5. The van der Waals surface area contributed by atoms with Gasteiger partial charge in [0.15, 0.2) is 0 Å². The van der Waals surface area contributed by atoms with Crippen molar-refractivity contribution in [2.45, 2.75) is 0 Å². The van der Waals surface area contributed by atoms with Gasteiger partial charge in [0.05, 0.1) is 14.0 Å². The van der Waals surface area contributed by atoms with E-state index in [1.165, 1.54) is 13.4 Å². The van der Waals surface area contributed by atoms with Crippen LogP contribution in [0.1, 0.15) is 5.56 Å². The number of carbonyl (C=O) groups excluding carboxylic acids is 1. The summed E-state index contributed by atoms with van der Waals surface area (Å²) in [4.78, 5) is 17.9. The molecule has 3 heterocycles. The van der Waals surface area contributed by atoms with Crippen molar-refractivity contribution in [1.29, 1.82) is 0 Å². The Kier molecular flexibility index (Phi) is 6.14. The van der Waals surface area contributed by atoms with Crippen LogP contribution >= 0.6 is 47.0 Å². The van der Waals surface area contributed by atoms with Gasteiger partial charge < -0.3 is 4.84 Å². The molecule has 0 amide bonds. The Labute approximate surface area is 174 Å². The Hall–Kier alpha value is -1.80. The molecule has 0 saturated heterocycles. The lowest BCUT2D eigenvalue weighted by Gasteiger charge is -1.99. The normalized spacial score (nSPS) is 21.0. The van der Waals surface area contributed by atoms with Crippen LogP contribution in [0, 0.1) is 0 Å². The Bertz CT molecular complexity index is 959. The molecule has 0 atom stereocenters. The number of benzene rings is 1. The van der Waals surface area contributed by atoms with Gasteiger partial charge in [-0.15, -0.1) is 0 Å². The molecule has 3 aliphatic rings. The highest BCUT2D eigenvalue weighted by atomic mass is 32.2. The van der Waals surface area contributed by atoms with Gasteiger partial charge in [-0.3, -0.25) is 0 Å². The lowest BCUT2D eigenvalue weighted by atomic mass is 10.0. The predicted octanol–water partition coefficient (Wildman–Crippen LogP) is 6.39. The Morgan fingerprint density at radius 1 is 0.926 bits per heavy atom. The van der Waals surface area contributed by atoms with Gasteiger partial charge in [0.25, 0.3) is 0 Å². The molecule has 4 rings (SSSR count). The minimum atomic E-state index is -0.427. The number of thioether (sulfide) groups is 4. The van der Waals surface area contributed by atoms with Crippen LogP contribution in [-0.2, 0) is 9.63 Å². The first-order chi connectivity index (χ1) is 13.3. The Morgan fingerprint density at radius 2 is 1.74 bits per heavy atom. The number of nitrogens with zero attached hydrogens (tertiary/aromatic N) is 1. The van der Waals surface area contributed by atoms with Crippen LogP contribution in [0.25, 0.3) is 0 Å². The zero-order chi connectivity index (χ0) is 18.5. The second-order valence-electron chi connectivity index (χ2n) is 5.33. The van der Waals surface area contributed by atoms with Gasteiger partial charge in [0.2, 0.25) is 0 Å². The number of hydrogen-bond acceptors (Lipinski definition) is 7. The Balaban J connectivity index is 1.38. The van der Waals surface area contributed by atoms with Crippen molar-refractivity contribution in [1.82, 2.24) is 0 Å². The van der Waals surface area contributed by atoms with Gasteiger partial charge in [-0.05, 0) is 28.4 Å². The van der Waals surface area contributed by atoms with Crippen LogP contribution in [0.4, 0.5) is 0 Å². The second-order valence-corrected chi connectivity index (χ2v) is 9.64. The molecule has 0 bridgehead atoms. The molecule has 1 aromatic rings. The van der Waals surface area contributed by atoms with Gasteiger partial charge in [0, 0.05) is 10.5 Å². The van der Waals surface area contributed by atoms with Crippen molar-refractivity contribution in [2.75, 3.05) is 0 Å². The van der Waals surface area contributed by atoms with Crippen molar-refractivity contribution < 1.29 is 9.63 Å². The van der Waals surface area contributed by atoms with Gasteiger partial charge in [-0.2, -0.15) is 0 Å². The number of rotatable bonds is 4. The van der Waals surface area contributed by atoms with E-state index in [9.17, 15) is 4.79 Å². The van der Waals surface area contributed by atoms with Crippen molar-refractivity contribution in [2.24, 2.45) is 5.16 Å². The highest BCUT2D eigenvalue weighted by molar-refractivity contribution is 8.33. The molecule has 0 aromatic heterocycles. The fourth-order valence-electron chi connectivity index (χ4n) is 2.33. The van der Waals surface area contributed by atoms with E-state index in [-0.39, 0.29) is 0 Å². The number of carbonyl (C=O) groups is 1. The smallest absolute Gasteiger partial charge is 0.312 e. The summed E-state index contributed by atoms with van der Waals surface area (Å²) in [6, 6.07) is 9.55. The molecule has 134 valence electrons. The van der Waals surface area contributed by atoms with Crippen molar-refractivity contribution in [3.05, 3.63) is 101 Å². The standard InChI is InChI=1S/C20H13NO2S4/c22-18-16(17(21-23-18)14-7-3-1-4-8-14)10-6-2-5-9-15-13-26-20(27-15)19-24-11-12-25-19/h1-13H/b6-2+,9-5+,16-10-. The third kappa shape index (κ3) is 4.55. The monoisotopic (exact) mass is 427 g/mol. The molecule has 0 spiro atoms. The molecular weight excluding hydrogens is 414 g/mol. The SMILES string of the molecule is O=C1ON=C(c2ccccc2)/C1=C/C=C/C=C/C1=CSC(=C2SC=CS2)S1. The fourth-order valence-corrected chi connectivity index (χ4v) is 6.69. The second kappa shape index (κ2) is 8.93. The van der Waals surface area contributed by atoms with Crippen molar-refractivity contribution in [3.8, 4) is 0 Å². The molecule has 1 aromatic carbocycles. The molecule has 0 fully saturated rings. The molecule has 0 N–H and O–H groups in total. The molecular formula is C20H13NO2S4. The average Bonchev–Trinajstić information content (AvgIpc) is 3.43. The van der Waals surface area contributed by atoms with Gasteiger partial charge in [-0.25, -0.2) is 4.79 Å². The summed E-state index contributed by atoms with van der Waals surface area (Å²) in [5.74, 6) is -0.427. The van der Waals surface area contributed by atoms with Crippen molar-refractivity contribution in [3.63, 3.8) is 0 Å². The first-order valence-corrected chi connectivity index (χ1v) is 11.4. The molecule has 3 nitrogen and oxygen atoms in total. The molecule has 0 radical (unpaired) electrons.